The molecular weight excluding hydrogens is 450 g/mol. The molecule has 190 valence electrons. The normalized spacial score (nSPS) is 11.8. The number of aromatic amines is 1. The average molecular weight is 488 g/mol. The smallest absolute Gasteiger partial charge is 0.274 e. The molecule has 0 fully saturated rings. The van der Waals surface area contributed by atoms with Gasteiger partial charge in [0.15, 0.2) is 0 Å². The highest BCUT2D eigenvalue weighted by atomic mass is 16.2. The molecule has 0 saturated heterocycles. The number of rotatable bonds is 11. The summed E-state index contributed by atoms with van der Waals surface area (Å²) in [6, 6.07) is 16.3. The number of hydrogen-bond acceptors (Lipinski definition) is 5. The van der Waals surface area contributed by atoms with Gasteiger partial charge in [-0.3, -0.25) is 4.57 Å². The first-order chi connectivity index (χ1) is 17.4. The van der Waals surface area contributed by atoms with Crippen molar-refractivity contribution in [2.75, 3.05) is 0 Å². The largest absolute Gasteiger partial charge is 0.346 e. The summed E-state index contributed by atoms with van der Waals surface area (Å²) in [6.45, 7) is 8.81. The summed E-state index contributed by atoms with van der Waals surface area (Å²) in [6.07, 6.45) is 8.10. The lowest BCUT2D eigenvalue weighted by atomic mass is 9.98. The highest BCUT2D eigenvalue weighted by Crippen LogP contribution is 2.29. The zero-order chi connectivity index (χ0) is 25.5. The van der Waals surface area contributed by atoms with Gasteiger partial charge in [-0.2, -0.15) is 10.3 Å². The van der Waals surface area contributed by atoms with E-state index in [4.69, 9.17) is 5.10 Å². The molecule has 0 aliphatic carbocycles. The molecule has 0 aliphatic rings. The van der Waals surface area contributed by atoms with Crippen LogP contribution in [0.3, 0.4) is 0 Å². The van der Waals surface area contributed by atoms with Gasteiger partial charge in [0.1, 0.15) is 5.82 Å². The van der Waals surface area contributed by atoms with Crippen LogP contribution >= 0.6 is 0 Å². The van der Waals surface area contributed by atoms with Gasteiger partial charge in [0.05, 0.1) is 12.1 Å². The molecule has 0 saturated carbocycles. The van der Waals surface area contributed by atoms with Crippen LogP contribution in [0.2, 0.25) is 0 Å². The fourth-order valence-corrected chi connectivity index (χ4v) is 4.46. The second kappa shape index (κ2) is 11.5. The molecule has 2 aromatic heterocycles. The number of tetrazole rings is 1. The van der Waals surface area contributed by atoms with Crippen LogP contribution < -0.4 is 5.69 Å². The van der Waals surface area contributed by atoms with E-state index in [9.17, 15) is 4.79 Å². The number of hydrogen-bond donors (Lipinski definition) is 1. The molecule has 4 rings (SSSR count). The van der Waals surface area contributed by atoms with Crippen molar-refractivity contribution >= 4 is 0 Å². The van der Waals surface area contributed by atoms with E-state index in [1.165, 1.54) is 32.1 Å². The molecule has 0 radical (unpaired) electrons. The highest BCUT2D eigenvalue weighted by molar-refractivity contribution is 5.80. The van der Waals surface area contributed by atoms with E-state index in [1.807, 2.05) is 43.5 Å². The summed E-state index contributed by atoms with van der Waals surface area (Å²) in [4.78, 5) is 13.3. The number of nitrogens with zero attached hydrogens (tertiary/aromatic N) is 6. The van der Waals surface area contributed by atoms with Crippen LogP contribution in [0.1, 0.15) is 77.6 Å². The molecular formula is C28H37N7O. The summed E-state index contributed by atoms with van der Waals surface area (Å²) < 4.78 is 3.48. The van der Waals surface area contributed by atoms with E-state index < -0.39 is 0 Å². The predicted octanol–water partition coefficient (Wildman–Crippen LogP) is 5.60. The summed E-state index contributed by atoms with van der Waals surface area (Å²) >= 11 is 0. The molecule has 0 atom stereocenters. The van der Waals surface area contributed by atoms with Crippen molar-refractivity contribution < 1.29 is 0 Å². The third-order valence-electron chi connectivity index (χ3n) is 6.45. The topological polar surface area (TPSA) is 94.3 Å². The van der Waals surface area contributed by atoms with Gasteiger partial charge in [0, 0.05) is 12.0 Å². The van der Waals surface area contributed by atoms with Gasteiger partial charge in [0.25, 0.3) is 0 Å². The van der Waals surface area contributed by atoms with Crippen LogP contribution in [0.4, 0.5) is 0 Å². The quantitative estimate of drug-likeness (QED) is 0.278. The van der Waals surface area contributed by atoms with E-state index in [1.54, 1.807) is 4.68 Å². The van der Waals surface area contributed by atoms with Crippen LogP contribution in [0.5, 0.6) is 0 Å². The van der Waals surface area contributed by atoms with Crippen LogP contribution in [0.15, 0.2) is 53.3 Å². The van der Waals surface area contributed by atoms with E-state index in [2.05, 4.69) is 57.9 Å². The Balaban J connectivity index is 1.55. The molecule has 0 spiro atoms. The lowest BCUT2D eigenvalue weighted by Crippen LogP contribution is -2.36. The van der Waals surface area contributed by atoms with Gasteiger partial charge in [0.2, 0.25) is 5.82 Å². The van der Waals surface area contributed by atoms with E-state index in [0.29, 0.717) is 12.4 Å². The number of unbranched alkanes of at least 4 members (excludes halogenated alkanes) is 5. The van der Waals surface area contributed by atoms with Crippen molar-refractivity contribution in [1.82, 2.24) is 35.0 Å². The Labute approximate surface area is 212 Å². The van der Waals surface area contributed by atoms with Crippen molar-refractivity contribution in [3.05, 3.63) is 70.4 Å². The van der Waals surface area contributed by atoms with E-state index in [0.717, 1.165) is 40.9 Å². The molecule has 36 heavy (non-hydrogen) atoms. The number of benzene rings is 2. The Bertz CT molecular complexity index is 1300. The first kappa shape index (κ1) is 25.5. The van der Waals surface area contributed by atoms with Gasteiger partial charge in [-0.1, -0.05) is 87.6 Å². The van der Waals surface area contributed by atoms with Crippen molar-refractivity contribution in [3.8, 4) is 22.5 Å². The van der Waals surface area contributed by atoms with Gasteiger partial charge >= 0.3 is 5.69 Å². The molecule has 2 aromatic carbocycles. The second-order valence-electron chi connectivity index (χ2n) is 10.4. The van der Waals surface area contributed by atoms with Crippen molar-refractivity contribution in [2.45, 2.75) is 84.7 Å². The summed E-state index contributed by atoms with van der Waals surface area (Å²) in [7, 11) is 0. The number of nitrogens with one attached hydrogen (secondary N) is 1. The molecule has 2 heterocycles. The first-order valence-corrected chi connectivity index (χ1v) is 13.0. The Kier molecular flexibility index (Phi) is 8.13. The summed E-state index contributed by atoms with van der Waals surface area (Å²) in [5.41, 5.74) is 3.67. The first-order valence-electron chi connectivity index (χ1n) is 13.0. The van der Waals surface area contributed by atoms with Crippen LogP contribution in [0.25, 0.3) is 22.5 Å². The molecule has 0 amide bonds. The van der Waals surface area contributed by atoms with E-state index in [-0.39, 0.29) is 11.2 Å². The SMILES string of the molecule is CCCCCCCCc1nn(C(C)(C)C)c(=O)n1Cc1ccc(-c2ccccc2-c2nn[nH]n2)cc1. The van der Waals surface area contributed by atoms with Gasteiger partial charge in [-0.25, -0.2) is 9.48 Å². The Morgan fingerprint density at radius 2 is 1.58 bits per heavy atom. The van der Waals surface area contributed by atoms with Gasteiger partial charge < -0.3 is 0 Å². The lowest BCUT2D eigenvalue weighted by molar-refractivity contribution is 0.339. The zero-order valence-corrected chi connectivity index (χ0v) is 21.9. The minimum atomic E-state index is -0.360. The molecule has 0 unspecified atom stereocenters. The average Bonchev–Trinajstić information content (AvgIpc) is 3.51. The summed E-state index contributed by atoms with van der Waals surface area (Å²) in [5, 5.41) is 19.3. The van der Waals surface area contributed by atoms with Crippen LogP contribution in [0, 0.1) is 0 Å². The predicted molar refractivity (Wildman–Crippen MR) is 143 cm³/mol. The third kappa shape index (κ3) is 5.98. The fraction of sp³-hybridized carbons (Fsp3) is 0.464. The van der Waals surface area contributed by atoms with Gasteiger partial charge in [-0.15, -0.1) is 10.2 Å². The van der Waals surface area contributed by atoms with Crippen LogP contribution in [-0.2, 0) is 18.5 Å². The molecule has 8 heteroatoms. The maximum atomic E-state index is 13.3. The minimum Gasteiger partial charge on any atom is -0.274 e. The monoisotopic (exact) mass is 487 g/mol. The zero-order valence-electron chi connectivity index (χ0n) is 21.9. The van der Waals surface area contributed by atoms with Crippen molar-refractivity contribution in [1.29, 1.82) is 0 Å². The highest BCUT2D eigenvalue weighted by Gasteiger charge is 2.22. The Morgan fingerprint density at radius 3 is 2.25 bits per heavy atom. The Morgan fingerprint density at radius 1 is 0.889 bits per heavy atom. The Hall–Kier alpha value is -3.55. The number of aromatic nitrogens is 7. The summed E-state index contributed by atoms with van der Waals surface area (Å²) in [5.74, 6) is 1.44. The van der Waals surface area contributed by atoms with E-state index >= 15 is 0 Å². The van der Waals surface area contributed by atoms with Crippen molar-refractivity contribution in [3.63, 3.8) is 0 Å². The molecule has 0 bridgehead atoms. The third-order valence-corrected chi connectivity index (χ3v) is 6.45. The lowest BCUT2D eigenvalue weighted by Gasteiger charge is -2.16. The maximum absolute atomic E-state index is 13.3. The maximum Gasteiger partial charge on any atom is 0.346 e. The molecule has 1 N–H and O–H groups in total. The molecule has 8 nitrogen and oxygen atoms in total. The van der Waals surface area contributed by atoms with Crippen molar-refractivity contribution in [2.24, 2.45) is 0 Å². The number of H-pyrrole nitrogens is 1. The fourth-order valence-electron chi connectivity index (χ4n) is 4.46. The molecule has 0 aliphatic heterocycles. The second-order valence-corrected chi connectivity index (χ2v) is 10.4. The minimum absolute atomic E-state index is 0.0463. The van der Waals surface area contributed by atoms with Crippen LogP contribution in [-0.4, -0.2) is 35.0 Å². The molecule has 4 aromatic rings. The van der Waals surface area contributed by atoms with Gasteiger partial charge in [-0.05, 0) is 49.1 Å². The standard InChI is InChI=1S/C28H37N7O/c1-5-6-7-8-9-10-15-25-31-35(28(2,3)4)27(36)34(25)20-21-16-18-22(19-17-21)23-13-11-12-14-24(23)26-29-32-33-30-26/h11-14,16-19H,5-10,15,20H2,1-4H3,(H,29,30,32,33). The number of aryl methyl sites for hydroxylation is 1.